The van der Waals surface area contributed by atoms with Gasteiger partial charge in [0.25, 0.3) is 11.5 Å². The van der Waals surface area contributed by atoms with E-state index in [1.807, 2.05) is 0 Å². The summed E-state index contributed by atoms with van der Waals surface area (Å²) >= 11 is 5.52. The van der Waals surface area contributed by atoms with Crippen molar-refractivity contribution in [1.82, 2.24) is 14.9 Å². The first-order chi connectivity index (χ1) is 14.0. The summed E-state index contributed by atoms with van der Waals surface area (Å²) in [7, 11) is 0. The van der Waals surface area contributed by atoms with Crippen molar-refractivity contribution >= 4 is 29.0 Å². The fourth-order valence-corrected chi connectivity index (χ4v) is 5.42. The van der Waals surface area contributed by atoms with Crippen LogP contribution in [0.2, 0.25) is 0 Å². The van der Waals surface area contributed by atoms with Crippen LogP contribution in [-0.2, 0) is 0 Å². The Morgan fingerprint density at radius 3 is 2.62 bits per heavy atom. The molecular formula is C23H31N3O2S. The molecule has 0 bridgehead atoms. The van der Waals surface area contributed by atoms with E-state index >= 15 is 0 Å². The number of benzene rings is 1. The van der Waals surface area contributed by atoms with Crippen molar-refractivity contribution in [3.63, 3.8) is 0 Å². The Morgan fingerprint density at radius 2 is 1.86 bits per heavy atom. The van der Waals surface area contributed by atoms with Gasteiger partial charge in [-0.25, -0.2) is 0 Å². The molecule has 0 aliphatic heterocycles. The van der Waals surface area contributed by atoms with Crippen LogP contribution in [0, 0.1) is 16.6 Å². The van der Waals surface area contributed by atoms with E-state index in [4.69, 9.17) is 12.2 Å². The third-order valence-corrected chi connectivity index (χ3v) is 7.45. The van der Waals surface area contributed by atoms with Gasteiger partial charge in [0.1, 0.15) is 0 Å². The quantitative estimate of drug-likeness (QED) is 0.687. The summed E-state index contributed by atoms with van der Waals surface area (Å²) in [4.78, 5) is 29.2. The Morgan fingerprint density at radius 1 is 1.10 bits per heavy atom. The van der Waals surface area contributed by atoms with E-state index in [2.05, 4.69) is 24.1 Å². The summed E-state index contributed by atoms with van der Waals surface area (Å²) in [5.74, 6) is 1.02. The summed E-state index contributed by atoms with van der Waals surface area (Å²) in [6, 6.07) is 5.69. The number of amides is 1. The summed E-state index contributed by atoms with van der Waals surface area (Å²) in [5.41, 5.74) is 1.17. The molecular weight excluding hydrogens is 382 g/mol. The van der Waals surface area contributed by atoms with Crippen LogP contribution < -0.4 is 10.9 Å². The van der Waals surface area contributed by atoms with Gasteiger partial charge >= 0.3 is 0 Å². The van der Waals surface area contributed by atoms with E-state index in [0.29, 0.717) is 33.1 Å². The van der Waals surface area contributed by atoms with Gasteiger partial charge in [0.2, 0.25) is 0 Å². The molecule has 1 heterocycles. The van der Waals surface area contributed by atoms with Gasteiger partial charge in [-0.05, 0) is 61.5 Å². The minimum absolute atomic E-state index is 0.0441. The molecule has 5 nitrogen and oxygen atoms in total. The standard InChI is InChI=1S/C23H31N3O2S/c1-14-7-6-10-19(15(14)2)24-21(27)16-11-12-18-20(13-16)25-23(29)26(22(18)28)17-8-4-3-5-9-17/h11-15,17,19H,3-10H2,1-2H3,(H,24,27)(H,25,29)/t14-,15+,19-/m1/s1. The summed E-state index contributed by atoms with van der Waals surface area (Å²) in [5, 5.41) is 3.81. The number of hydrogen-bond donors (Lipinski definition) is 2. The molecule has 4 rings (SSSR count). The number of carbonyl (C=O) groups is 1. The van der Waals surface area contributed by atoms with E-state index in [1.165, 1.54) is 12.8 Å². The van der Waals surface area contributed by atoms with Crippen molar-refractivity contribution in [2.45, 2.75) is 77.3 Å². The minimum Gasteiger partial charge on any atom is -0.349 e. The maximum absolute atomic E-state index is 13.1. The van der Waals surface area contributed by atoms with E-state index in [0.717, 1.165) is 38.5 Å². The molecule has 2 aliphatic rings. The molecule has 0 spiro atoms. The molecule has 2 saturated carbocycles. The molecule has 29 heavy (non-hydrogen) atoms. The van der Waals surface area contributed by atoms with Crippen molar-refractivity contribution < 1.29 is 4.79 Å². The Balaban J connectivity index is 1.62. The lowest BCUT2D eigenvalue weighted by Crippen LogP contribution is -2.43. The largest absolute Gasteiger partial charge is 0.349 e. The zero-order valence-electron chi connectivity index (χ0n) is 17.4. The maximum Gasteiger partial charge on any atom is 0.262 e. The zero-order valence-corrected chi connectivity index (χ0v) is 18.2. The van der Waals surface area contributed by atoms with E-state index < -0.39 is 0 Å². The average Bonchev–Trinajstić information content (AvgIpc) is 2.72. The van der Waals surface area contributed by atoms with Crippen LogP contribution >= 0.6 is 12.2 Å². The second kappa shape index (κ2) is 8.42. The Kier molecular flexibility index (Phi) is 5.91. The van der Waals surface area contributed by atoms with E-state index in [9.17, 15) is 9.59 Å². The van der Waals surface area contributed by atoms with Gasteiger partial charge in [-0.3, -0.25) is 14.2 Å². The highest BCUT2D eigenvalue weighted by atomic mass is 32.1. The third kappa shape index (κ3) is 4.04. The van der Waals surface area contributed by atoms with Crippen LogP contribution in [0.25, 0.3) is 10.9 Å². The van der Waals surface area contributed by atoms with E-state index in [1.54, 1.807) is 22.8 Å². The topological polar surface area (TPSA) is 66.9 Å². The normalized spacial score (nSPS) is 25.8. The predicted octanol–water partition coefficient (Wildman–Crippen LogP) is 5.12. The molecule has 2 N–H and O–H groups in total. The monoisotopic (exact) mass is 413 g/mol. The number of H-pyrrole nitrogens is 1. The van der Waals surface area contributed by atoms with Crippen molar-refractivity contribution in [2.24, 2.45) is 11.8 Å². The molecule has 156 valence electrons. The predicted molar refractivity (Wildman–Crippen MR) is 119 cm³/mol. The first kappa shape index (κ1) is 20.3. The second-order valence-electron chi connectivity index (χ2n) is 9.00. The highest BCUT2D eigenvalue weighted by Gasteiger charge is 2.28. The second-order valence-corrected chi connectivity index (χ2v) is 9.39. The molecule has 6 heteroatoms. The van der Waals surface area contributed by atoms with Gasteiger partial charge in [-0.1, -0.05) is 46.0 Å². The smallest absolute Gasteiger partial charge is 0.262 e. The highest BCUT2D eigenvalue weighted by molar-refractivity contribution is 7.71. The van der Waals surface area contributed by atoms with Crippen LogP contribution in [0.15, 0.2) is 23.0 Å². The molecule has 2 fully saturated rings. The lowest BCUT2D eigenvalue weighted by atomic mass is 9.78. The maximum atomic E-state index is 13.1. The number of carbonyl (C=O) groups excluding carboxylic acids is 1. The Hall–Kier alpha value is -1.95. The highest BCUT2D eigenvalue weighted by Crippen LogP contribution is 2.30. The van der Waals surface area contributed by atoms with Gasteiger partial charge in [0, 0.05) is 17.6 Å². The van der Waals surface area contributed by atoms with Crippen molar-refractivity contribution in [1.29, 1.82) is 0 Å². The number of nitrogens with one attached hydrogen (secondary N) is 2. The summed E-state index contributed by atoms with van der Waals surface area (Å²) in [6.07, 6.45) is 8.92. The Bertz CT molecular complexity index is 1020. The lowest BCUT2D eigenvalue weighted by molar-refractivity contribution is 0.0891. The van der Waals surface area contributed by atoms with Crippen LogP contribution in [0.1, 0.15) is 81.6 Å². The fourth-order valence-electron chi connectivity index (χ4n) is 5.08. The molecule has 2 aromatic rings. The van der Waals surface area contributed by atoms with Crippen LogP contribution in [-0.4, -0.2) is 21.5 Å². The fraction of sp³-hybridized carbons (Fsp3) is 0.609. The molecule has 1 aromatic heterocycles. The molecule has 1 amide bonds. The third-order valence-electron chi connectivity index (χ3n) is 7.15. The molecule has 2 aliphatic carbocycles. The molecule has 0 saturated heterocycles. The zero-order chi connectivity index (χ0) is 20.5. The lowest BCUT2D eigenvalue weighted by Gasteiger charge is -2.34. The molecule has 0 unspecified atom stereocenters. The first-order valence-corrected chi connectivity index (χ1v) is 11.5. The SMILES string of the molecule is C[C@H]1[C@H](C)CCC[C@H]1NC(=O)c1ccc2c(=O)n(C3CCCCC3)c(=S)[nH]c2c1. The molecule has 0 radical (unpaired) electrons. The number of aromatic amines is 1. The van der Waals surface area contributed by atoms with Crippen molar-refractivity contribution in [2.75, 3.05) is 0 Å². The van der Waals surface area contributed by atoms with Crippen LogP contribution in [0.4, 0.5) is 0 Å². The van der Waals surface area contributed by atoms with Gasteiger partial charge < -0.3 is 10.3 Å². The van der Waals surface area contributed by atoms with Crippen molar-refractivity contribution in [3.05, 3.63) is 38.9 Å². The van der Waals surface area contributed by atoms with Crippen LogP contribution in [0.5, 0.6) is 0 Å². The number of fused-ring (bicyclic) bond motifs is 1. The van der Waals surface area contributed by atoms with Gasteiger partial charge in [0.05, 0.1) is 10.9 Å². The van der Waals surface area contributed by atoms with Gasteiger partial charge in [-0.2, -0.15) is 0 Å². The number of nitrogens with zero attached hydrogens (tertiary/aromatic N) is 1. The van der Waals surface area contributed by atoms with Crippen molar-refractivity contribution in [3.8, 4) is 0 Å². The van der Waals surface area contributed by atoms with Gasteiger partial charge in [-0.15, -0.1) is 0 Å². The number of aromatic nitrogens is 2. The van der Waals surface area contributed by atoms with E-state index in [-0.39, 0.29) is 23.6 Å². The summed E-state index contributed by atoms with van der Waals surface area (Å²) in [6.45, 7) is 4.48. The number of hydrogen-bond acceptors (Lipinski definition) is 3. The molecule has 1 aromatic carbocycles. The Labute approximate surface area is 176 Å². The minimum atomic E-state index is -0.0753. The summed E-state index contributed by atoms with van der Waals surface area (Å²) < 4.78 is 2.21. The average molecular weight is 414 g/mol. The van der Waals surface area contributed by atoms with Gasteiger partial charge in [0.15, 0.2) is 4.77 Å². The number of rotatable bonds is 3. The first-order valence-electron chi connectivity index (χ1n) is 11.0. The molecule has 3 atom stereocenters. The van der Waals surface area contributed by atoms with Crippen LogP contribution in [0.3, 0.4) is 0 Å².